The van der Waals surface area contributed by atoms with Gasteiger partial charge in [-0.2, -0.15) is 0 Å². The summed E-state index contributed by atoms with van der Waals surface area (Å²) in [6.45, 7) is 2.95. The molecule has 0 aliphatic heterocycles. The summed E-state index contributed by atoms with van der Waals surface area (Å²) in [7, 11) is 0. The Hall–Kier alpha value is -2.33. The third-order valence-electron chi connectivity index (χ3n) is 6.01. The molecule has 3 nitrogen and oxygen atoms in total. The number of carbonyl (C=O) groups is 1. The normalized spacial score (nSPS) is 17.2. The fourth-order valence-electron chi connectivity index (χ4n) is 3.97. The summed E-state index contributed by atoms with van der Waals surface area (Å²) < 4.78 is 13.0. The quantitative estimate of drug-likeness (QED) is 0.201. The maximum absolute atomic E-state index is 12.9. The van der Waals surface area contributed by atoms with Crippen LogP contribution in [-0.2, 0) is 11.2 Å². The van der Waals surface area contributed by atoms with Gasteiger partial charge in [-0.15, -0.1) is 0 Å². The van der Waals surface area contributed by atoms with E-state index < -0.39 is 5.60 Å². The van der Waals surface area contributed by atoms with Crippen LogP contribution in [0.2, 0.25) is 0 Å². The molecule has 33 heavy (non-hydrogen) atoms. The monoisotopic (exact) mass is 510 g/mol. The van der Waals surface area contributed by atoms with E-state index in [0.717, 1.165) is 29.5 Å². The summed E-state index contributed by atoms with van der Waals surface area (Å²) in [5, 5.41) is 0. The molecular weight excluding hydrogens is 476 g/mol. The van der Waals surface area contributed by atoms with Gasteiger partial charge in [0, 0.05) is 10.9 Å². The van der Waals surface area contributed by atoms with E-state index in [1.54, 1.807) is 12.1 Å². The lowest BCUT2D eigenvalue weighted by Gasteiger charge is -2.31. The molecule has 3 rings (SSSR count). The summed E-state index contributed by atoms with van der Waals surface area (Å²) in [5.41, 5.74) is 1.16. The van der Waals surface area contributed by atoms with Gasteiger partial charge in [-0.3, -0.25) is 0 Å². The Morgan fingerprint density at radius 3 is 2.36 bits per heavy atom. The van der Waals surface area contributed by atoms with Crippen molar-refractivity contribution in [3.8, 4) is 5.75 Å². The first kappa shape index (κ1) is 25.3. The number of aryl methyl sites for hydroxylation is 1. The Labute approximate surface area is 207 Å². The highest BCUT2D eigenvalue weighted by atomic mass is 79.9. The molecule has 0 saturated carbocycles. The smallest absolute Gasteiger partial charge is 0.339 e. The maximum Gasteiger partial charge on any atom is 0.339 e. The van der Waals surface area contributed by atoms with E-state index in [1.807, 2.05) is 42.5 Å². The van der Waals surface area contributed by atoms with E-state index >= 15 is 0 Å². The lowest BCUT2D eigenvalue weighted by molar-refractivity contribution is 0.00122. The predicted molar refractivity (Wildman–Crippen MR) is 139 cm³/mol. The van der Waals surface area contributed by atoms with Gasteiger partial charge in [-0.25, -0.2) is 4.79 Å². The summed E-state index contributed by atoms with van der Waals surface area (Å²) in [6, 6.07) is 15.6. The van der Waals surface area contributed by atoms with Crippen molar-refractivity contribution in [1.29, 1.82) is 0 Å². The molecule has 1 atom stereocenters. The number of unbranched alkanes of at least 4 members (excludes halogenated alkanes) is 5. The van der Waals surface area contributed by atoms with E-state index in [0.29, 0.717) is 18.6 Å². The van der Waals surface area contributed by atoms with Gasteiger partial charge in [0.25, 0.3) is 0 Å². The van der Waals surface area contributed by atoms with Crippen molar-refractivity contribution in [2.75, 3.05) is 6.61 Å². The number of halogens is 1. The lowest BCUT2D eigenvalue weighted by atomic mass is 9.88. The molecule has 0 aromatic heterocycles. The topological polar surface area (TPSA) is 35.5 Å². The molecule has 0 saturated heterocycles. The molecule has 2 aromatic carbocycles. The minimum absolute atomic E-state index is 0.298. The first-order chi connectivity index (χ1) is 16.1. The molecule has 0 bridgehead atoms. The summed E-state index contributed by atoms with van der Waals surface area (Å²) in [5.74, 6) is 0.499. The van der Waals surface area contributed by atoms with E-state index in [-0.39, 0.29) is 5.97 Å². The third kappa shape index (κ3) is 8.51. The van der Waals surface area contributed by atoms with Crippen LogP contribution in [0.5, 0.6) is 5.75 Å². The zero-order chi connectivity index (χ0) is 23.4. The van der Waals surface area contributed by atoms with Gasteiger partial charge in [0.2, 0.25) is 0 Å². The van der Waals surface area contributed by atoms with Crippen molar-refractivity contribution >= 4 is 21.9 Å². The largest absolute Gasteiger partial charge is 0.494 e. The first-order valence-corrected chi connectivity index (χ1v) is 12.9. The van der Waals surface area contributed by atoms with Crippen LogP contribution in [0.4, 0.5) is 0 Å². The van der Waals surface area contributed by atoms with Gasteiger partial charge >= 0.3 is 5.97 Å². The van der Waals surface area contributed by atoms with Crippen LogP contribution >= 0.6 is 15.9 Å². The summed E-state index contributed by atoms with van der Waals surface area (Å²) >= 11 is 3.48. The molecule has 1 unspecified atom stereocenters. The van der Waals surface area contributed by atoms with Crippen LogP contribution in [0.15, 0.2) is 77.3 Å². The van der Waals surface area contributed by atoms with Crippen LogP contribution in [-0.4, -0.2) is 18.2 Å². The highest BCUT2D eigenvalue weighted by Gasteiger charge is 2.31. The predicted octanol–water partition coefficient (Wildman–Crippen LogP) is 8.23. The van der Waals surface area contributed by atoms with Crippen LogP contribution in [0.3, 0.4) is 0 Å². The zero-order valence-corrected chi connectivity index (χ0v) is 21.2. The molecule has 0 radical (unpaired) electrons. The zero-order valence-electron chi connectivity index (χ0n) is 19.6. The maximum atomic E-state index is 12.9. The van der Waals surface area contributed by atoms with E-state index in [1.165, 1.54) is 37.7 Å². The standard InChI is InChI=1S/C29H35BrO3/c1-2-3-4-5-6-10-23-32-27-17-13-25(14-18-27)28(31)33-29(20-8-7-9-21-29)22-19-24-11-15-26(30)16-12-24/h7-9,11-18,20H,2-6,10,19,21-23H2,1H3. The molecule has 0 amide bonds. The van der Waals surface area contributed by atoms with Crippen LogP contribution in [0, 0.1) is 0 Å². The molecule has 0 spiro atoms. The van der Waals surface area contributed by atoms with Gasteiger partial charge < -0.3 is 9.47 Å². The van der Waals surface area contributed by atoms with Gasteiger partial charge in [-0.1, -0.05) is 85.3 Å². The molecule has 176 valence electrons. The Bertz CT molecular complexity index is 915. The molecule has 2 aromatic rings. The second kappa shape index (κ2) is 13.4. The number of esters is 1. The average molecular weight is 512 g/mol. The number of benzene rings is 2. The fourth-order valence-corrected chi connectivity index (χ4v) is 4.23. The Morgan fingerprint density at radius 2 is 1.67 bits per heavy atom. The SMILES string of the molecule is CCCCCCCCOc1ccc(C(=O)OC2(CCc3ccc(Br)cc3)C=CC=CC2)cc1. The number of ether oxygens (including phenoxy) is 2. The molecule has 1 aliphatic carbocycles. The summed E-state index contributed by atoms with van der Waals surface area (Å²) in [6.07, 6.45) is 17.7. The molecule has 1 aliphatic rings. The van der Waals surface area contributed by atoms with Gasteiger partial charge in [0.05, 0.1) is 12.2 Å². The van der Waals surface area contributed by atoms with Crippen molar-refractivity contribution in [1.82, 2.24) is 0 Å². The van der Waals surface area contributed by atoms with Crippen molar-refractivity contribution < 1.29 is 14.3 Å². The van der Waals surface area contributed by atoms with Crippen LogP contribution in [0.25, 0.3) is 0 Å². The second-order valence-corrected chi connectivity index (χ2v) is 9.63. The Balaban J connectivity index is 1.51. The number of carbonyl (C=O) groups excluding carboxylic acids is 1. The van der Waals surface area contributed by atoms with E-state index in [9.17, 15) is 4.79 Å². The van der Waals surface area contributed by atoms with E-state index in [2.05, 4.69) is 41.1 Å². The third-order valence-corrected chi connectivity index (χ3v) is 6.54. The van der Waals surface area contributed by atoms with Gasteiger partial charge in [0.1, 0.15) is 11.4 Å². The highest BCUT2D eigenvalue weighted by molar-refractivity contribution is 9.10. The highest BCUT2D eigenvalue weighted by Crippen LogP contribution is 2.30. The molecular formula is C29H35BrO3. The average Bonchev–Trinajstić information content (AvgIpc) is 2.84. The lowest BCUT2D eigenvalue weighted by Crippen LogP contribution is -2.34. The van der Waals surface area contributed by atoms with Crippen LogP contribution in [0.1, 0.15) is 74.2 Å². The van der Waals surface area contributed by atoms with Gasteiger partial charge in [0.15, 0.2) is 0 Å². The minimum Gasteiger partial charge on any atom is -0.494 e. The Kier molecular flexibility index (Phi) is 10.3. The number of rotatable bonds is 13. The molecule has 4 heteroatoms. The summed E-state index contributed by atoms with van der Waals surface area (Å²) in [4.78, 5) is 12.9. The van der Waals surface area contributed by atoms with Crippen molar-refractivity contribution in [3.63, 3.8) is 0 Å². The Morgan fingerprint density at radius 1 is 0.939 bits per heavy atom. The number of hydrogen-bond acceptors (Lipinski definition) is 3. The van der Waals surface area contributed by atoms with E-state index in [4.69, 9.17) is 9.47 Å². The van der Waals surface area contributed by atoms with Crippen molar-refractivity contribution in [2.45, 2.75) is 70.3 Å². The molecule has 0 fully saturated rings. The first-order valence-electron chi connectivity index (χ1n) is 12.2. The van der Waals surface area contributed by atoms with Crippen molar-refractivity contribution in [3.05, 3.63) is 88.4 Å². The van der Waals surface area contributed by atoms with Crippen LogP contribution < -0.4 is 4.74 Å². The van der Waals surface area contributed by atoms with Gasteiger partial charge in [-0.05, 0) is 67.3 Å². The second-order valence-electron chi connectivity index (χ2n) is 8.71. The number of allylic oxidation sites excluding steroid dienone is 2. The number of hydrogen-bond donors (Lipinski definition) is 0. The molecule has 0 heterocycles. The van der Waals surface area contributed by atoms with Crippen molar-refractivity contribution in [2.24, 2.45) is 0 Å². The fraction of sp³-hybridized carbons (Fsp3) is 0.414. The molecule has 0 N–H and O–H groups in total. The minimum atomic E-state index is -0.619.